The summed E-state index contributed by atoms with van der Waals surface area (Å²) in [4.78, 5) is 13.3. The third kappa shape index (κ3) is 3.78. The van der Waals surface area contributed by atoms with Gasteiger partial charge in [0, 0.05) is 19.1 Å². The minimum atomic E-state index is -0.864. The molecule has 2 N–H and O–H groups in total. The Morgan fingerprint density at radius 3 is 2.68 bits per heavy atom. The molecule has 0 saturated carbocycles. The molecule has 19 heavy (non-hydrogen) atoms. The summed E-state index contributed by atoms with van der Waals surface area (Å²) in [6.45, 7) is 6.35. The zero-order valence-corrected chi connectivity index (χ0v) is 11.4. The molecule has 1 fully saturated rings. The van der Waals surface area contributed by atoms with E-state index in [1.807, 2.05) is 12.1 Å². The fraction of sp³-hybridized carbons (Fsp3) is 0.533. The fourth-order valence-electron chi connectivity index (χ4n) is 2.62. The van der Waals surface area contributed by atoms with Crippen molar-refractivity contribution in [1.29, 1.82) is 0 Å². The average molecular weight is 262 g/mol. The van der Waals surface area contributed by atoms with E-state index in [1.165, 1.54) is 12.0 Å². The number of carboxylic acid groups (broad SMARTS) is 1. The molecule has 0 aromatic heterocycles. The molecule has 104 valence electrons. The van der Waals surface area contributed by atoms with Gasteiger partial charge in [0.25, 0.3) is 0 Å². The van der Waals surface area contributed by atoms with Crippen LogP contribution in [0, 0.1) is 0 Å². The molecule has 1 aromatic carbocycles. The standard InChI is InChI=1S/C15H22N2O2/c1-2-9-17(14-7-8-16-10-14)11-12-3-5-13(6-4-12)15(18)19/h3-6,14,16H,2,7-11H2,1H3,(H,18,19). The monoisotopic (exact) mass is 262 g/mol. The van der Waals surface area contributed by atoms with Gasteiger partial charge >= 0.3 is 5.97 Å². The van der Waals surface area contributed by atoms with Crippen LogP contribution in [0.15, 0.2) is 24.3 Å². The molecular weight excluding hydrogens is 240 g/mol. The number of benzene rings is 1. The lowest BCUT2D eigenvalue weighted by Gasteiger charge is -2.28. The Hall–Kier alpha value is -1.39. The van der Waals surface area contributed by atoms with Crippen LogP contribution in [0.4, 0.5) is 0 Å². The second-order valence-electron chi connectivity index (χ2n) is 5.12. The highest BCUT2D eigenvalue weighted by molar-refractivity contribution is 5.87. The molecule has 1 atom stereocenters. The fourth-order valence-corrected chi connectivity index (χ4v) is 2.62. The second-order valence-corrected chi connectivity index (χ2v) is 5.12. The molecule has 0 spiro atoms. The third-order valence-electron chi connectivity index (χ3n) is 3.65. The minimum Gasteiger partial charge on any atom is -0.478 e. The van der Waals surface area contributed by atoms with Crippen molar-refractivity contribution in [3.63, 3.8) is 0 Å². The lowest BCUT2D eigenvalue weighted by molar-refractivity contribution is 0.0697. The van der Waals surface area contributed by atoms with Crippen molar-refractivity contribution in [3.8, 4) is 0 Å². The number of rotatable bonds is 6. The first-order valence-corrected chi connectivity index (χ1v) is 6.97. The molecule has 1 aromatic rings. The normalized spacial score (nSPS) is 18.9. The van der Waals surface area contributed by atoms with Gasteiger partial charge in [-0.25, -0.2) is 4.79 Å². The summed E-state index contributed by atoms with van der Waals surface area (Å²) in [6.07, 6.45) is 2.34. The summed E-state index contributed by atoms with van der Waals surface area (Å²) in [7, 11) is 0. The van der Waals surface area contributed by atoms with Gasteiger partial charge in [-0.15, -0.1) is 0 Å². The number of nitrogens with zero attached hydrogens (tertiary/aromatic N) is 1. The van der Waals surface area contributed by atoms with E-state index < -0.39 is 5.97 Å². The Morgan fingerprint density at radius 1 is 1.42 bits per heavy atom. The number of aromatic carboxylic acids is 1. The van der Waals surface area contributed by atoms with Crippen molar-refractivity contribution in [2.24, 2.45) is 0 Å². The molecule has 0 radical (unpaired) electrons. The second kappa shape index (κ2) is 6.68. The molecule has 2 rings (SSSR count). The Morgan fingerprint density at radius 2 is 2.16 bits per heavy atom. The lowest BCUT2D eigenvalue weighted by atomic mass is 10.1. The predicted octanol–water partition coefficient (Wildman–Crippen LogP) is 1.96. The van der Waals surface area contributed by atoms with Crippen LogP contribution in [0.2, 0.25) is 0 Å². The first-order valence-electron chi connectivity index (χ1n) is 6.97. The summed E-state index contributed by atoms with van der Waals surface area (Å²) < 4.78 is 0. The molecule has 0 aliphatic carbocycles. The van der Waals surface area contributed by atoms with Gasteiger partial charge in [0.05, 0.1) is 5.56 Å². The van der Waals surface area contributed by atoms with E-state index in [2.05, 4.69) is 17.1 Å². The lowest BCUT2D eigenvalue weighted by Crippen LogP contribution is -2.36. The zero-order chi connectivity index (χ0) is 13.7. The quantitative estimate of drug-likeness (QED) is 0.823. The Balaban J connectivity index is 2.01. The summed E-state index contributed by atoms with van der Waals surface area (Å²) in [5.41, 5.74) is 1.54. The Bertz CT molecular complexity index is 411. The highest BCUT2D eigenvalue weighted by atomic mass is 16.4. The predicted molar refractivity (Wildman–Crippen MR) is 75.4 cm³/mol. The SMILES string of the molecule is CCCN(Cc1ccc(C(=O)O)cc1)C1CCNC1. The molecule has 4 nitrogen and oxygen atoms in total. The third-order valence-corrected chi connectivity index (χ3v) is 3.65. The summed E-state index contributed by atoms with van der Waals surface area (Å²) in [6, 6.07) is 7.84. The maximum Gasteiger partial charge on any atom is 0.335 e. The van der Waals surface area contributed by atoms with Crippen LogP contribution in [0.3, 0.4) is 0 Å². The molecule has 0 amide bonds. The maximum absolute atomic E-state index is 10.8. The topological polar surface area (TPSA) is 52.6 Å². The van der Waals surface area contributed by atoms with Crippen LogP contribution >= 0.6 is 0 Å². The molecule has 1 unspecified atom stereocenters. The molecule has 1 heterocycles. The molecule has 4 heteroatoms. The summed E-state index contributed by atoms with van der Waals surface area (Å²) in [5.74, 6) is -0.864. The van der Waals surface area contributed by atoms with Gasteiger partial charge in [-0.3, -0.25) is 4.90 Å². The largest absolute Gasteiger partial charge is 0.478 e. The van der Waals surface area contributed by atoms with Crippen molar-refractivity contribution in [3.05, 3.63) is 35.4 Å². The van der Waals surface area contributed by atoms with E-state index in [4.69, 9.17) is 5.11 Å². The van der Waals surface area contributed by atoms with Crippen LogP contribution in [0.5, 0.6) is 0 Å². The van der Waals surface area contributed by atoms with E-state index in [0.717, 1.165) is 32.6 Å². The molecule has 1 aliphatic rings. The van der Waals surface area contributed by atoms with E-state index in [9.17, 15) is 4.79 Å². The summed E-state index contributed by atoms with van der Waals surface area (Å²) >= 11 is 0. The smallest absolute Gasteiger partial charge is 0.335 e. The van der Waals surface area contributed by atoms with Crippen LogP contribution in [-0.4, -0.2) is 41.7 Å². The number of hydrogen-bond donors (Lipinski definition) is 2. The molecule has 0 bridgehead atoms. The Kier molecular flexibility index (Phi) is 4.93. The first kappa shape index (κ1) is 14.0. The van der Waals surface area contributed by atoms with Gasteiger partial charge in [0.1, 0.15) is 0 Å². The maximum atomic E-state index is 10.8. The molecule has 1 aliphatic heterocycles. The van der Waals surface area contributed by atoms with Gasteiger partial charge in [0.15, 0.2) is 0 Å². The van der Waals surface area contributed by atoms with E-state index >= 15 is 0 Å². The number of carbonyl (C=O) groups is 1. The zero-order valence-electron chi connectivity index (χ0n) is 11.4. The number of nitrogens with one attached hydrogen (secondary N) is 1. The van der Waals surface area contributed by atoms with Crippen molar-refractivity contribution < 1.29 is 9.90 Å². The molecule has 1 saturated heterocycles. The van der Waals surface area contributed by atoms with Crippen molar-refractivity contribution >= 4 is 5.97 Å². The van der Waals surface area contributed by atoms with Crippen molar-refractivity contribution in [2.45, 2.75) is 32.4 Å². The first-order chi connectivity index (χ1) is 9.20. The number of carboxylic acids is 1. The number of hydrogen-bond acceptors (Lipinski definition) is 3. The molecular formula is C15H22N2O2. The van der Waals surface area contributed by atoms with Crippen molar-refractivity contribution in [2.75, 3.05) is 19.6 Å². The summed E-state index contributed by atoms with van der Waals surface area (Å²) in [5, 5.41) is 12.3. The minimum absolute atomic E-state index is 0.355. The van der Waals surface area contributed by atoms with Crippen LogP contribution < -0.4 is 5.32 Å². The van der Waals surface area contributed by atoms with Crippen LogP contribution in [0.25, 0.3) is 0 Å². The highest BCUT2D eigenvalue weighted by Gasteiger charge is 2.21. The van der Waals surface area contributed by atoms with Gasteiger partial charge in [-0.2, -0.15) is 0 Å². The van der Waals surface area contributed by atoms with Crippen LogP contribution in [-0.2, 0) is 6.54 Å². The van der Waals surface area contributed by atoms with Crippen molar-refractivity contribution in [1.82, 2.24) is 10.2 Å². The highest BCUT2D eigenvalue weighted by Crippen LogP contribution is 2.14. The van der Waals surface area contributed by atoms with E-state index in [-0.39, 0.29) is 0 Å². The van der Waals surface area contributed by atoms with Gasteiger partial charge in [-0.05, 0) is 43.6 Å². The van der Waals surface area contributed by atoms with E-state index in [0.29, 0.717) is 11.6 Å². The van der Waals surface area contributed by atoms with Gasteiger partial charge in [0.2, 0.25) is 0 Å². The average Bonchev–Trinajstić information content (AvgIpc) is 2.92. The van der Waals surface area contributed by atoms with Gasteiger partial charge in [-0.1, -0.05) is 19.1 Å². The Labute approximate surface area is 114 Å². The van der Waals surface area contributed by atoms with Gasteiger partial charge < -0.3 is 10.4 Å². The van der Waals surface area contributed by atoms with Crippen LogP contribution in [0.1, 0.15) is 35.7 Å². The van der Waals surface area contributed by atoms with E-state index in [1.54, 1.807) is 12.1 Å².